The number of rotatable bonds is 7. The summed E-state index contributed by atoms with van der Waals surface area (Å²) in [5, 5.41) is 7.20. The van der Waals surface area contributed by atoms with Crippen LogP contribution in [-0.4, -0.2) is 65.5 Å². The fraction of sp³-hybridized carbons (Fsp3) is 0.346. The van der Waals surface area contributed by atoms with Crippen LogP contribution < -0.4 is 15.4 Å². The highest BCUT2D eigenvalue weighted by Crippen LogP contribution is 2.29. The zero-order chi connectivity index (χ0) is 24.4. The summed E-state index contributed by atoms with van der Waals surface area (Å²) < 4.78 is 5.31. The number of piperidine rings is 1. The van der Waals surface area contributed by atoms with Crippen LogP contribution in [0.25, 0.3) is 10.9 Å². The number of urea groups is 1. The Morgan fingerprint density at radius 3 is 2.80 bits per heavy atom. The number of carbonyl (C=O) groups excluding carboxylic acids is 3. The van der Waals surface area contributed by atoms with Crippen LogP contribution >= 0.6 is 0 Å². The SMILES string of the molecule is COc1ccccc1NC(=O)CN1C(=O)N(CCc2c[nH]c3ccccc23)C(=O)C2CCCNC21. The van der Waals surface area contributed by atoms with Crippen molar-refractivity contribution in [1.29, 1.82) is 0 Å². The number of fused-ring (bicyclic) bond motifs is 2. The van der Waals surface area contributed by atoms with Crippen LogP contribution in [0.1, 0.15) is 18.4 Å². The Morgan fingerprint density at radius 2 is 1.94 bits per heavy atom. The van der Waals surface area contributed by atoms with E-state index in [0.717, 1.165) is 22.9 Å². The average molecular weight is 476 g/mol. The van der Waals surface area contributed by atoms with Crippen LogP contribution in [-0.2, 0) is 16.0 Å². The summed E-state index contributed by atoms with van der Waals surface area (Å²) >= 11 is 0. The molecular formula is C26H29N5O4. The maximum absolute atomic E-state index is 13.5. The third-order valence-electron chi connectivity index (χ3n) is 6.80. The Labute approximate surface area is 203 Å². The average Bonchev–Trinajstić information content (AvgIpc) is 3.30. The van der Waals surface area contributed by atoms with Gasteiger partial charge in [0.25, 0.3) is 0 Å². The van der Waals surface area contributed by atoms with Crippen LogP contribution in [0.2, 0.25) is 0 Å². The van der Waals surface area contributed by atoms with Gasteiger partial charge in [0.15, 0.2) is 0 Å². The predicted molar refractivity (Wildman–Crippen MR) is 132 cm³/mol. The molecule has 2 aliphatic rings. The molecule has 0 aliphatic carbocycles. The second-order valence-electron chi connectivity index (χ2n) is 8.91. The number of H-pyrrole nitrogens is 1. The molecule has 3 N–H and O–H groups in total. The number of para-hydroxylation sites is 3. The van der Waals surface area contributed by atoms with Gasteiger partial charge in [-0.1, -0.05) is 30.3 Å². The third kappa shape index (κ3) is 4.46. The van der Waals surface area contributed by atoms with E-state index in [9.17, 15) is 14.4 Å². The minimum atomic E-state index is -0.489. The summed E-state index contributed by atoms with van der Waals surface area (Å²) in [6.07, 6.45) is 3.49. The van der Waals surface area contributed by atoms with Gasteiger partial charge < -0.3 is 15.0 Å². The minimum Gasteiger partial charge on any atom is -0.495 e. The summed E-state index contributed by atoms with van der Waals surface area (Å²) in [6, 6.07) is 14.6. The number of ether oxygens (including phenoxy) is 1. The molecule has 9 nitrogen and oxygen atoms in total. The molecule has 9 heteroatoms. The van der Waals surface area contributed by atoms with Crippen molar-refractivity contribution in [3.63, 3.8) is 0 Å². The molecule has 3 heterocycles. The van der Waals surface area contributed by atoms with E-state index in [1.54, 1.807) is 18.2 Å². The number of methoxy groups -OCH3 is 1. The molecule has 0 radical (unpaired) electrons. The molecule has 4 amide bonds. The number of aromatic amines is 1. The zero-order valence-corrected chi connectivity index (χ0v) is 19.6. The topological polar surface area (TPSA) is 107 Å². The first-order valence-corrected chi connectivity index (χ1v) is 11.9. The lowest BCUT2D eigenvalue weighted by atomic mass is 9.91. The molecule has 2 saturated heterocycles. The third-order valence-corrected chi connectivity index (χ3v) is 6.80. The van der Waals surface area contributed by atoms with E-state index in [0.29, 0.717) is 30.8 Å². The van der Waals surface area contributed by atoms with Gasteiger partial charge in [-0.2, -0.15) is 0 Å². The number of imide groups is 1. The molecule has 35 heavy (non-hydrogen) atoms. The van der Waals surface area contributed by atoms with Crippen LogP contribution in [0.15, 0.2) is 54.7 Å². The number of hydrogen-bond donors (Lipinski definition) is 3. The van der Waals surface area contributed by atoms with Gasteiger partial charge in [-0.3, -0.25) is 24.7 Å². The predicted octanol–water partition coefficient (Wildman–Crippen LogP) is 2.95. The fourth-order valence-corrected chi connectivity index (χ4v) is 5.06. The molecule has 3 aromatic rings. The molecule has 0 spiro atoms. The van der Waals surface area contributed by atoms with Gasteiger partial charge in [0.1, 0.15) is 12.3 Å². The number of nitrogens with zero attached hydrogens (tertiary/aromatic N) is 2. The lowest BCUT2D eigenvalue weighted by Crippen LogP contribution is -2.68. The molecule has 2 atom stereocenters. The Bertz CT molecular complexity index is 1260. The van der Waals surface area contributed by atoms with E-state index in [1.165, 1.54) is 16.9 Å². The minimum absolute atomic E-state index is 0.165. The normalized spacial score (nSPS) is 20.1. The number of carbonyl (C=O) groups is 3. The van der Waals surface area contributed by atoms with E-state index < -0.39 is 12.2 Å². The van der Waals surface area contributed by atoms with Gasteiger partial charge in [0, 0.05) is 23.6 Å². The Kier molecular flexibility index (Phi) is 6.41. The number of benzene rings is 2. The van der Waals surface area contributed by atoms with Crippen LogP contribution in [0.5, 0.6) is 5.75 Å². The zero-order valence-electron chi connectivity index (χ0n) is 19.6. The highest BCUT2D eigenvalue weighted by molar-refractivity contribution is 6.02. The second kappa shape index (κ2) is 9.79. The van der Waals surface area contributed by atoms with Gasteiger partial charge >= 0.3 is 6.03 Å². The lowest BCUT2D eigenvalue weighted by molar-refractivity contribution is -0.142. The van der Waals surface area contributed by atoms with Crippen molar-refractivity contribution < 1.29 is 19.1 Å². The largest absolute Gasteiger partial charge is 0.495 e. The standard InChI is InChI=1S/C26H29N5O4/c1-35-22-11-5-4-10-21(22)29-23(32)16-31-24-19(8-6-13-27-24)25(33)30(26(31)34)14-12-17-15-28-20-9-3-2-7-18(17)20/h2-5,7,9-11,15,19,24,27-28H,6,8,12-14,16H2,1H3,(H,29,32). The number of hydrogen-bond acceptors (Lipinski definition) is 5. The maximum Gasteiger partial charge on any atom is 0.328 e. The van der Waals surface area contributed by atoms with Crippen LogP contribution in [0.3, 0.4) is 0 Å². The molecular weight excluding hydrogens is 446 g/mol. The summed E-state index contributed by atoms with van der Waals surface area (Å²) in [4.78, 5) is 45.8. The number of aromatic nitrogens is 1. The van der Waals surface area contributed by atoms with Crippen molar-refractivity contribution in [3.8, 4) is 5.75 Å². The summed E-state index contributed by atoms with van der Waals surface area (Å²) in [6.45, 7) is 0.789. The van der Waals surface area contributed by atoms with Gasteiger partial charge in [0.2, 0.25) is 11.8 Å². The van der Waals surface area contributed by atoms with Crippen molar-refractivity contribution >= 4 is 34.4 Å². The molecule has 2 fully saturated rings. The summed E-state index contributed by atoms with van der Waals surface area (Å²) in [5.41, 5.74) is 2.60. The highest BCUT2D eigenvalue weighted by atomic mass is 16.5. The van der Waals surface area contributed by atoms with Crippen molar-refractivity contribution in [2.75, 3.05) is 32.1 Å². The fourth-order valence-electron chi connectivity index (χ4n) is 5.06. The van der Waals surface area contributed by atoms with Crippen LogP contribution in [0.4, 0.5) is 10.5 Å². The highest BCUT2D eigenvalue weighted by Gasteiger charge is 2.47. The second-order valence-corrected chi connectivity index (χ2v) is 8.91. The number of amides is 4. The van der Waals surface area contributed by atoms with Crippen molar-refractivity contribution in [1.82, 2.24) is 20.1 Å². The van der Waals surface area contributed by atoms with Gasteiger partial charge in [-0.25, -0.2) is 4.79 Å². The smallest absolute Gasteiger partial charge is 0.328 e. The first-order chi connectivity index (χ1) is 17.1. The van der Waals surface area contributed by atoms with Crippen molar-refractivity contribution in [2.45, 2.75) is 25.4 Å². The molecule has 2 aromatic carbocycles. The quantitative estimate of drug-likeness (QED) is 0.487. The molecule has 0 bridgehead atoms. The van der Waals surface area contributed by atoms with Crippen molar-refractivity contribution in [3.05, 3.63) is 60.3 Å². The maximum atomic E-state index is 13.5. The van der Waals surface area contributed by atoms with E-state index in [2.05, 4.69) is 15.6 Å². The van der Waals surface area contributed by atoms with E-state index in [-0.39, 0.29) is 30.8 Å². The number of anilines is 1. The molecule has 5 rings (SSSR count). The van der Waals surface area contributed by atoms with E-state index in [4.69, 9.17) is 4.74 Å². The molecule has 1 aromatic heterocycles. The Balaban J connectivity index is 1.34. The lowest BCUT2D eigenvalue weighted by Gasteiger charge is -2.46. The van der Waals surface area contributed by atoms with E-state index in [1.807, 2.05) is 36.5 Å². The monoisotopic (exact) mass is 475 g/mol. The van der Waals surface area contributed by atoms with Gasteiger partial charge in [0.05, 0.1) is 24.9 Å². The summed E-state index contributed by atoms with van der Waals surface area (Å²) in [7, 11) is 1.53. The van der Waals surface area contributed by atoms with Crippen LogP contribution in [0, 0.1) is 5.92 Å². The first kappa shape index (κ1) is 22.9. The molecule has 2 aliphatic heterocycles. The first-order valence-electron chi connectivity index (χ1n) is 11.9. The van der Waals surface area contributed by atoms with E-state index >= 15 is 0 Å². The molecule has 2 unspecified atom stereocenters. The number of nitrogens with one attached hydrogen (secondary N) is 3. The van der Waals surface area contributed by atoms with Gasteiger partial charge in [-0.05, 0) is 49.6 Å². The van der Waals surface area contributed by atoms with Crippen molar-refractivity contribution in [2.24, 2.45) is 5.92 Å². The molecule has 182 valence electrons. The molecule has 0 saturated carbocycles. The Morgan fingerprint density at radius 1 is 1.14 bits per heavy atom. The Hall–Kier alpha value is -3.85. The van der Waals surface area contributed by atoms with Gasteiger partial charge in [-0.15, -0.1) is 0 Å². The summed E-state index contributed by atoms with van der Waals surface area (Å²) in [5.74, 6) is -0.355.